The molecule has 1 amide bonds. The first-order chi connectivity index (χ1) is 9.32. The van der Waals surface area contributed by atoms with Gasteiger partial charge in [0, 0.05) is 25.5 Å². The highest BCUT2D eigenvalue weighted by molar-refractivity contribution is 8.13. The van der Waals surface area contributed by atoms with Gasteiger partial charge < -0.3 is 9.84 Å². The molecular weight excluding hydrogens is 304 g/mol. The van der Waals surface area contributed by atoms with E-state index in [-0.39, 0.29) is 16.6 Å². The number of aliphatic carboxylic acids is 1. The van der Waals surface area contributed by atoms with E-state index in [9.17, 15) is 19.5 Å². The van der Waals surface area contributed by atoms with Crippen molar-refractivity contribution >= 4 is 40.5 Å². The third-order valence-corrected chi connectivity index (χ3v) is 5.43. The lowest BCUT2D eigenvalue weighted by Gasteiger charge is -2.54. The second kappa shape index (κ2) is 5.40. The largest absolute Gasteiger partial charge is 0.477 e. The predicted molar refractivity (Wildman–Crippen MR) is 74.8 cm³/mol. The number of fused-ring (bicyclic) bond motifs is 1. The maximum Gasteiger partial charge on any atom is 0.352 e. The van der Waals surface area contributed by atoms with Crippen molar-refractivity contribution in [3.63, 3.8) is 0 Å². The Morgan fingerprint density at radius 2 is 2.30 bits per heavy atom. The Morgan fingerprint density at radius 3 is 2.80 bits per heavy atom. The molecule has 0 unspecified atom stereocenters. The van der Waals surface area contributed by atoms with E-state index in [2.05, 4.69) is 0 Å². The minimum Gasteiger partial charge on any atom is -0.477 e. The Bertz CT molecular complexity index is 521. The highest BCUT2D eigenvalue weighted by atomic mass is 32.2. The van der Waals surface area contributed by atoms with Crippen LogP contribution in [0.25, 0.3) is 0 Å². The fourth-order valence-electron chi connectivity index (χ4n) is 2.10. The molecular formula is C11H14N2O5S2. The quantitative estimate of drug-likeness (QED) is 0.543. The maximum atomic E-state index is 12.0. The summed E-state index contributed by atoms with van der Waals surface area (Å²) in [6.07, 6.45) is 0. The first-order valence-corrected chi connectivity index (χ1v) is 7.74. The van der Waals surface area contributed by atoms with E-state index in [1.54, 1.807) is 0 Å². The summed E-state index contributed by atoms with van der Waals surface area (Å²) in [6.45, 7) is 1.41. The fraction of sp³-hybridized carbons (Fsp3) is 0.545. The average molecular weight is 318 g/mol. The molecule has 110 valence electrons. The van der Waals surface area contributed by atoms with Gasteiger partial charge in [-0.3, -0.25) is 20.2 Å². The number of hydrogen-bond donors (Lipinski definition) is 2. The molecule has 2 aliphatic heterocycles. The SMILES string of the molecule is CO[C@@]1(N)C(=O)N2C(C(=O)O)=C(CSC(C)=O)CS[C@@H]21. The van der Waals surface area contributed by atoms with Crippen molar-refractivity contribution in [2.45, 2.75) is 18.0 Å². The minimum absolute atomic E-state index is 0.0781. The van der Waals surface area contributed by atoms with E-state index in [0.29, 0.717) is 11.3 Å². The van der Waals surface area contributed by atoms with Crippen LogP contribution in [-0.2, 0) is 19.1 Å². The van der Waals surface area contributed by atoms with E-state index in [1.165, 1.54) is 25.8 Å². The summed E-state index contributed by atoms with van der Waals surface area (Å²) in [5, 5.41) is 8.67. The zero-order valence-electron chi connectivity index (χ0n) is 10.9. The van der Waals surface area contributed by atoms with E-state index in [1.807, 2.05) is 0 Å². The summed E-state index contributed by atoms with van der Waals surface area (Å²) in [6, 6.07) is 0. The first-order valence-electron chi connectivity index (χ1n) is 5.71. The lowest BCUT2D eigenvalue weighted by molar-refractivity contribution is -0.182. The van der Waals surface area contributed by atoms with Crippen molar-refractivity contribution in [2.24, 2.45) is 5.73 Å². The smallest absolute Gasteiger partial charge is 0.352 e. The van der Waals surface area contributed by atoms with Crippen LogP contribution in [0, 0.1) is 0 Å². The molecule has 0 aromatic heterocycles. The number of amides is 1. The van der Waals surface area contributed by atoms with Crippen molar-refractivity contribution in [1.82, 2.24) is 4.90 Å². The van der Waals surface area contributed by atoms with Crippen molar-refractivity contribution < 1.29 is 24.2 Å². The molecule has 0 saturated carbocycles. The normalized spacial score (nSPS) is 29.1. The van der Waals surface area contributed by atoms with E-state index >= 15 is 0 Å². The van der Waals surface area contributed by atoms with Crippen LogP contribution in [0.1, 0.15) is 6.92 Å². The minimum atomic E-state index is -1.47. The van der Waals surface area contributed by atoms with Crippen LogP contribution in [0.5, 0.6) is 0 Å². The van der Waals surface area contributed by atoms with E-state index in [4.69, 9.17) is 10.5 Å². The molecule has 0 bridgehead atoms. The number of carboxylic acids is 1. The Labute approximate surface area is 123 Å². The highest BCUT2D eigenvalue weighted by Crippen LogP contribution is 2.45. The Kier molecular flexibility index (Phi) is 4.14. The lowest BCUT2D eigenvalue weighted by Crippen LogP contribution is -2.78. The molecule has 2 rings (SSSR count). The van der Waals surface area contributed by atoms with Crippen LogP contribution < -0.4 is 5.73 Å². The van der Waals surface area contributed by atoms with Gasteiger partial charge in [0.1, 0.15) is 11.1 Å². The van der Waals surface area contributed by atoms with Gasteiger partial charge in [0.25, 0.3) is 5.91 Å². The van der Waals surface area contributed by atoms with Crippen LogP contribution >= 0.6 is 23.5 Å². The van der Waals surface area contributed by atoms with Crippen molar-refractivity contribution in [2.75, 3.05) is 18.6 Å². The summed E-state index contributed by atoms with van der Waals surface area (Å²) in [4.78, 5) is 35.6. The van der Waals surface area contributed by atoms with Crippen LogP contribution in [-0.4, -0.2) is 56.7 Å². The summed E-state index contributed by atoms with van der Waals surface area (Å²) in [5.74, 6) is -1.11. The van der Waals surface area contributed by atoms with Crippen LogP contribution in [0.3, 0.4) is 0 Å². The number of rotatable bonds is 4. The Morgan fingerprint density at radius 1 is 1.65 bits per heavy atom. The maximum absolute atomic E-state index is 12.0. The van der Waals surface area contributed by atoms with Gasteiger partial charge in [-0.05, 0) is 5.57 Å². The molecule has 20 heavy (non-hydrogen) atoms. The summed E-state index contributed by atoms with van der Waals surface area (Å²) in [5.41, 5.74) is 4.82. The second-order valence-electron chi connectivity index (χ2n) is 4.37. The monoisotopic (exact) mass is 318 g/mol. The number of nitrogens with zero attached hydrogens (tertiary/aromatic N) is 1. The topological polar surface area (TPSA) is 110 Å². The summed E-state index contributed by atoms with van der Waals surface area (Å²) < 4.78 is 5.01. The first kappa shape index (κ1) is 15.4. The number of ether oxygens (including phenoxy) is 1. The number of thioether (sulfide) groups is 2. The average Bonchev–Trinajstić information content (AvgIpc) is 2.42. The standard InChI is InChI=1S/C11H14N2O5S2/c1-5(14)19-3-6-4-20-10-11(12,18-2)9(17)13(10)7(6)8(15)16/h10H,3-4,12H2,1-2H3,(H,15,16)/t10-,11+/m1/s1. The molecule has 3 N–H and O–H groups in total. The fourth-order valence-corrected chi connectivity index (χ4v) is 4.24. The van der Waals surface area contributed by atoms with Gasteiger partial charge in [-0.25, -0.2) is 4.79 Å². The Balaban J connectivity index is 2.31. The molecule has 1 saturated heterocycles. The molecule has 2 atom stereocenters. The molecule has 2 heterocycles. The highest BCUT2D eigenvalue weighted by Gasteiger charge is 2.63. The molecule has 0 radical (unpaired) electrons. The van der Waals surface area contributed by atoms with Gasteiger partial charge >= 0.3 is 5.97 Å². The molecule has 1 fully saturated rings. The Hall–Kier alpha value is -1.03. The summed E-state index contributed by atoms with van der Waals surface area (Å²) >= 11 is 2.36. The van der Waals surface area contributed by atoms with E-state index in [0.717, 1.165) is 16.7 Å². The van der Waals surface area contributed by atoms with Gasteiger partial charge in [0.2, 0.25) is 5.72 Å². The zero-order chi connectivity index (χ0) is 15.1. The lowest BCUT2D eigenvalue weighted by atomic mass is 10.00. The number of carbonyl (C=O) groups excluding carboxylic acids is 2. The van der Waals surface area contributed by atoms with Crippen molar-refractivity contribution in [3.05, 3.63) is 11.3 Å². The second-order valence-corrected chi connectivity index (χ2v) is 6.59. The molecule has 2 aliphatic rings. The number of hydrogen-bond acceptors (Lipinski definition) is 7. The van der Waals surface area contributed by atoms with E-state index < -0.39 is 23.0 Å². The van der Waals surface area contributed by atoms with Gasteiger partial charge in [0.15, 0.2) is 5.12 Å². The number of carbonyl (C=O) groups is 3. The van der Waals surface area contributed by atoms with Crippen molar-refractivity contribution in [3.8, 4) is 0 Å². The molecule has 0 spiro atoms. The van der Waals surface area contributed by atoms with Crippen LogP contribution in [0.2, 0.25) is 0 Å². The van der Waals surface area contributed by atoms with Crippen LogP contribution in [0.15, 0.2) is 11.3 Å². The van der Waals surface area contributed by atoms with Gasteiger partial charge in [-0.2, -0.15) is 0 Å². The number of β-lactam (4-membered cyclic amide) rings is 1. The third-order valence-electron chi connectivity index (χ3n) is 3.14. The number of nitrogens with two attached hydrogens (primary N) is 1. The molecule has 7 nitrogen and oxygen atoms in total. The predicted octanol–water partition coefficient (Wildman–Crippen LogP) is -0.179. The van der Waals surface area contributed by atoms with Gasteiger partial charge in [-0.1, -0.05) is 11.8 Å². The van der Waals surface area contributed by atoms with Crippen LogP contribution in [0.4, 0.5) is 0 Å². The zero-order valence-corrected chi connectivity index (χ0v) is 12.5. The molecule has 9 heteroatoms. The molecule has 0 aliphatic carbocycles. The van der Waals surface area contributed by atoms with Gasteiger partial charge in [0.05, 0.1) is 0 Å². The van der Waals surface area contributed by atoms with Gasteiger partial charge in [-0.15, -0.1) is 11.8 Å². The molecule has 0 aromatic rings. The summed E-state index contributed by atoms with van der Waals surface area (Å²) in [7, 11) is 1.32. The third kappa shape index (κ3) is 2.24. The van der Waals surface area contributed by atoms with Crippen molar-refractivity contribution in [1.29, 1.82) is 0 Å². The molecule has 0 aromatic carbocycles. The number of methoxy groups -OCH3 is 1. The number of carboxylic acid groups (broad SMARTS) is 1.